The zero-order valence-corrected chi connectivity index (χ0v) is 21.8. The van der Waals surface area contributed by atoms with E-state index in [4.69, 9.17) is 9.47 Å². The van der Waals surface area contributed by atoms with Gasteiger partial charge < -0.3 is 12.3 Å². The van der Waals surface area contributed by atoms with Crippen LogP contribution in [0, 0.1) is 0 Å². The molecule has 0 aliphatic heterocycles. The molecule has 2 rings (SSSR count). The molecule has 0 spiro atoms. The maximum atomic E-state index is 11.8. The number of benzene rings is 2. The number of rotatable bonds is 9. The largest absolute Gasteiger partial charge is 1.00 e. The average molecular weight is 424 g/mol. The van der Waals surface area contributed by atoms with Gasteiger partial charge in [0.05, 0.1) is 19.8 Å². The van der Waals surface area contributed by atoms with E-state index in [0.717, 1.165) is 11.1 Å². The number of hydrogen-bond donors (Lipinski definition) is 1. The summed E-state index contributed by atoms with van der Waals surface area (Å²) in [4.78, 5) is -0.151. The smallest absolute Gasteiger partial charge is 1.00 e. The Hall–Kier alpha value is 0.0100. The molecular formula is C20H26Na2O5S. The van der Waals surface area contributed by atoms with Gasteiger partial charge in [-0.15, -0.1) is 0 Å². The molecule has 2 aromatic carbocycles. The average Bonchev–Trinajstić information content (AvgIpc) is 2.60. The minimum atomic E-state index is -4.39. The molecule has 5 nitrogen and oxygen atoms in total. The molecule has 28 heavy (non-hydrogen) atoms. The summed E-state index contributed by atoms with van der Waals surface area (Å²) in [6.07, 6.45) is -0.890. The Morgan fingerprint density at radius 3 is 1.82 bits per heavy atom. The topological polar surface area (TPSA) is 72.8 Å². The molecule has 0 fully saturated rings. The van der Waals surface area contributed by atoms with Crippen molar-refractivity contribution in [3.63, 3.8) is 0 Å². The quantitative estimate of drug-likeness (QED) is 0.380. The molecule has 0 amide bonds. The van der Waals surface area contributed by atoms with Crippen molar-refractivity contribution in [1.29, 1.82) is 0 Å². The molecule has 144 valence electrons. The van der Waals surface area contributed by atoms with Gasteiger partial charge in [0.15, 0.2) is 0 Å². The maximum absolute atomic E-state index is 11.8. The standard InChI is InChI=1S/C20H24O5S.2Na.2H/c1-16(2)20(26(21,22)23)19(25-14-18-11-7-4-8-12-18)15-24-13-17-9-5-3-6-10-17;;;;/h3-12,19H,13-15H2,1-2H3,(H,21,22,23);;;;/q;2*+1;2*-1. The SMILES string of the molecule is CC(C)=C(C(COCc1ccccc1)OCc1ccccc1)S(=O)(=O)O.[H-].[H-].[Na+].[Na+]. The van der Waals surface area contributed by atoms with E-state index >= 15 is 0 Å². The summed E-state index contributed by atoms with van der Waals surface area (Å²) >= 11 is 0. The van der Waals surface area contributed by atoms with Gasteiger partial charge in [0.2, 0.25) is 0 Å². The molecule has 0 bridgehead atoms. The fourth-order valence-electron chi connectivity index (χ4n) is 2.57. The minimum Gasteiger partial charge on any atom is -1.00 e. The van der Waals surface area contributed by atoms with Gasteiger partial charge >= 0.3 is 59.1 Å². The van der Waals surface area contributed by atoms with Crippen molar-refractivity contribution in [2.24, 2.45) is 0 Å². The van der Waals surface area contributed by atoms with Crippen molar-refractivity contribution >= 4 is 10.1 Å². The number of allylic oxidation sites excluding steroid dienone is 1. The van der Waals surface area contributed by atoms with Crippen LogP contribution in [0.3, 0.4) is 0 Å². The molecule has 8 heteroatoms. The van der Waals surface area contributed by atoms with Crippen LogP contribution in [-0.4, -0.2) is 25.7 Å². The van der Waals surface area contributed by atoms with Gasteiger partial charge in [0, 0.05) is 0 Å². The molecule has 2 aromatic rings. The van der Waals surface area contributed by atoms with Gasteiger partial charge in [-0.1, -0.05) is 66.2 Å². The molecule has 1 atom stereocenters. The van der Waals surface area contributed by atoms with Gasteiger partial charge in [0.25, 0.3) is 10.1 Å². The normalized spacial score (nSPS) is 11.7. The number of hydrogen-bond acceptors (Lipinski definition) is 4. The van der Waals surface area contributed by atoms with E-state index < -0.39 is 16.2 Å². The van der Waals surface area contributed by atoms with Crippen LogP contribution >= 0.6 is 0 Å². The summed E-state index contributed by atoms with van der Waals surface area (Å²) in [5.41, 5.74) is 2.35. The minimum absolute atomic E-state index is 0. The second kappa shape index (κ2) is 14.1. The van der Waals surface area contributed by atoms with Crippen LogP contribution in [0.15, 0.2) is 71.1 Å². The third-order valence-electron chi connectivity index (χ3n) is 3.74. The zero-order chi connectivity index (χ0) is 19.0. The summed E-state index contributed by atoms with van der Waals surface area (Å²) in [7, 11) is -4.39. The second-order valence-electron chi connectivity index (χ2n) is 6.13. The summed E-state index contributed by atoms with van der Waals surface area (Å²) in [6.45, 7) is 3.81. The Morgan fingerprint density at radius 1 is 0.929 bits per heavy atom. The first-order valence-electron chi connectivity index (χ1n) is 8.30. The second-order valence-corrected chi connectivity index (χ2v) is 7.52. The molecule has 1 unspecified atom stereocenters. The van der Waals surface area contributed by atoms with E-state index in [1.165, 1.54) is 0 Å². The first kappa shape index (κ1) is 28.0. The Labute approximate surface area is 214 Å². The van der Waals surface area contributed by atoms with Crippen LogP contribution in [0.5, 0.6) is 0 Å². The zero-order valence-electron chi connectivity index (χ0n) is 19.0. The van der Waals surface area contributed by atoms with Gasteiger partial charge in [-0.05, 0) is 25.0 Å². The molecule has 0 radical (unpaired) electrons. The number of ether oxygens (including phenoxy) is 2. The van der Waals surface area contributed by atoms with Gasteiger partial charge in [0.1, 0.15) is 11.0 Å². The van der Waals surface area contributed by atoms with Gasteiger partial charge in [-0.2, -0.15) is 8.42 Å². The molecule has 0 heterocycles. The van der Waals surface area contributed by atoms with Gasteiger partial charge in [-0.25, -0.2) is 0 Å². The maximum Gasteiger partial charge on any atom is 1.00 e. The third kappa shape index (κ3) is 9.67. The third-order valence-corrected chi connectivity index (χ3v) is 4.96. The van der Waals surface area contributed by atoms with Gasteiger partial charge in [-0.3, -0.25) is 4.55 Å². The molecule has 0 saturated carbocycles. The van der Waals surface area contributed by atoms with Crippen LogP contribution in [-0.2, 0) is 32.8 Å². The van der Waals surface area contributed by atoms with E-state index in [-0.39, 0.29) is 80.1 Å². The van der Waals surface area contributed by atoms with Crippen LogP contribution in [0.25, 0.3) is 0 Å². The van der Waals surface area contributed by atoms with Crippen LogP contribution in [0.1, 0.15) is 27.8 Å². The van der Waals surface area contributed by atoms with Crippen molar-refractivity contribution in [1.82, 2.24) is 0 Å². The van der Waals surface area contributed by atoms with E-state index in [1.807, 2.05) is 60.7 Å². The molecule has 0 aliphatic carbocycles. The predicted molar refractivity (Wildman–Crippen MR) is 103 cm³/mol. The first-order valence-corrected chi connectivity index (χ1v) is 9.74. The van der Waals surface area contributed by atoms with Crippen LogP contribution < -0.4 is 59.1 Å². The Morgan fingerprint density at radius 2 is 1.39 bits per heavy atom. The van der Waals surface area contributed by atoms with Crippen molar-refractivity contribution in [3.05, 3.63) is 82.3 Å². The van der Waals surface area contributed by atoms with E-state index in [2.05, 4.69) is 0 Å². The molecule has 0 aliphatic rings. The van der Waals surface area contributed by atoms with Crippen molar-refractivity contribution < 1.29 is 84.4 Å². The van der Waals surface area contributed by atoms with Crippen LogP contribution in [0.2, 0.25) is 0 Å². The summed E-state index contributed by atoms with van der Waals surface area (Å²) in [5, 5.41) is 0. The van der Waals surface area contributed by atoms with Crippen molar-refractivity contribution in [2.45, 2.75) is 33.2 Å². The van der Waals surface area contributed by atoms with E-state index in [9.17, 15) is 13.0 Å². The molecule has 0 aromatic heterocycles. The Kier molecular flexibility index (Phi) is 14.1. The van der Waals surface area contributed by atoms with Crippen molar-refractivity contribution in [3.8, 4) is 0 Å². The summed E-state index contributed by atoms with van der Waals surface area (Å²) < 4.78 is 44.7. The van der Waals surface area contributed by atoms with E-state index in [1.54, 1.807) is 13.8 Å². The Bertz CT molecular complexity index is 831. The monoisotopic (exact) mass is 424 g/mol. The van der Waals surface area contributed by atoms with Crippen molar-refractivity contribution in [2.75, 3.05) is 6.61 Å². The summed E-state index contributed by atoms with van der Waals surface area (Å²) in [5.74, 6) is 0. The first-order chi connectivity index (χ1) is 12.4. The summed E-state index contributed by atoms with van der Waals surface area (Å²) in [6, 6.07) is 19.0. The molecular weight excluding hydrogens is 398 g/mol. The fraction of sp³-hybridized carbons (Fsp3) is 0.300. The Balaban J connectivity index is -0.00000182. The molecule has 1 N–H and O–H groups in total. The van der Waals surface area contributed by atoms with E-state index in [0.29, 0.717) is 12.2 Å². The predicted octanol–water partition coefficient (Wildman–Crippen LogP) is -1.80. The fourth-order valence-corrected chi connectivity index (χ4v) is 3.56. The molecule has 0 saturated heterocycles. The van der Waals surface area contributed by atoms with Crippen LogP contribution in [0.4, 0.5) is 0 Å².